The fourth-order valence-electron chi connectivity index (χ4n) is 1.69. The molecule has 2 heteroatoms. The van der Waals surface area contributed by atoms with Crippen LogP contribution >= 0.6 is 11.3 Å². The highest BCUT2D eigenvalue weighted by Crippen LogP contribution is 2.25. The van der Waals surface area contributed by atoms with Gasteiger partial charge in [0.1, 0.15) is 0 Å². The maximum atomic E-state index is 10.4. The van der Waals surface area contributed by atoms with Crippen LogP contribution in [0.5, 0.6) is 0 Å². The van der Waals surface area contributed by atoms with Gasteiger partial charge in [-0.2, -0.15) is 11.3 Å². The molecule has 1 aromatic carbocycles. The zero-order valence-corrected chi connectivity index (χ0v) is 9.50. The van der Waals surface area contributed by atoms with E-state index in [0.717, 1.165) is 5.56 Å². The molecule has 1 unspecified atom stereocenters. The zero-order chi connectivity index (χ0) is 10.7. The lowest BCUT2D eigenvalue weighted by atomic mass is 9.90. The monoisotopic (exact) mass is 218 g/mol. The van der Waals surface area contributed by atoms with Crippen molar-refractivity contribution in [3.05, 3.63) is 58.3 Å². The SMILES string of the molecule is CC(O)(Cc1ccsc1)c1ccccc1. The summed E-state index contributed by atoms with van der Waals surface area (Å²) in [5.41, 5.74) is 1.38. The Morgan fingerprint density at radius 3 is 2.53 bits per heavy atom. The van der Waals surface area contributed by atoms with E-state index in [9.17, 15) is 5.11 Å². The Morgan fingerprint density at radius 2 is 1.93 bits per heavy atom. The van der Waals surface area contributed by atoms with Crippen LogP contribution in [-0.2, 0) is 12.0 Å². The van der Waals surface area contributed by atoms with Gasteiger partial charge < -0.3 is 5.11 Å². The second-order valence-corrected chi connectivity index (χ2v) is 4.73. The van der Waals surface area contributed by atoms with Gasteiger partial charge in [0.25, 0.3) is 0 Å². The van der Waals surface area contributed by atoms with Gasteiger partial charge in [-0.25, -0.2) is 0 Å². The molecule has 1 N–H and O–H groups in total. The summed E-state index contributed by atoms with van der Waals surface area (Å²) in [5, 5.41) is 14.5. The molecule has 0 amide bonds. The second-order valence-electron chi connectivity index (χ2n) is 3.95. The van der Waals surface area contributed by atoms with Crippen molar-refractivity contribution in [2.75, 3.05) is 0 Å². The molecule has 2 rings (SSSR count). The van der Waals surface area contributed by atoms with E-state index in [1.54, 1.807) is 11.3 Å². The van der Waals surface area contributed by atoms with E-state index in [-0.39, 0.29) is 0 Å². The van der Waals surface area contributed by atoms with Crippen LogP contribution in [0, 0.1) is 0 Å². The Hall–Kier alpha value is -1.12. The van der Waals surface area contributed by atoms with Crippen molar-refractivity contribution in [3.8, 4) is 0 Å². The van der Waals surface area contributed by atoms with Gasteiger partial charge in [0.05, 0.1) is 5.60 Å². The number of rotatable bonds is 3. The summed E-state index contributed by atoms with van der Waals surface area (Å²) < 4.78 is 0. The standard InChI is InChI=1S/C13H14OS/c1-13(14,9-11-7-8-15-10-11)12-5-3-2-4-6-12/h2-8,10,14H,9H2,1H3. The minimum atomic E-state index is -0.775. The van der Waals surface area contributed by atoms with E-state index >= 15 is 0 Å². The number of aliphatic hydroxyl groups is 1. The quantitative estimate of drug-likeness (QED) is 0.838. The summed E-state index contributed by atoms with van der Waals surface area (Å²) in [6.07, 6.45) is 0.667. The van der Waals surface area contributed by atoms with Crippen molar-refractivity contribution in [3.63, 3.8) is 0 Å². The van der Waals surface area contributed by atoms with Gasteiger partial charge in [0, 0.05) is 6.42 Å². The Kier molecular flexibility index (Phi) is 2.89. The molecule has 0 aliphatic rings. The Bertz CT molecular complexity index is 403. The van der Waals surface area contributed by atoms with Gasteiger partial charge in [0.2, 0.25) is 0 Å². The molecular formula is C13H14OS. The third-order valence-electron chi connectivity index (χ3n) is 2.52. The number of thiophene rings is 1. The molecular weight excluding hydrogens is 204 g/mol. The molecule has 0 saturated heterocycles. The number of hydrogen-bond donors (Lipinski definition) is 1. The van der Waals surface area contributed by atoms with Crippen LogP contribution in [0.2, 0.25) is 0 Å². The fraction of sp³-hybridized carbons (Fsp3) is 0.231. The summed E-state index contributed by atoms with van der Waals surface area (Å²) >= 11 is 1.66. The first-order valence-electron chi connectivity index (χ1n) is 4.97. The molecule has 0 bridgehead atoms. The van der Waals surface area contributed by atoms with E-state index in [2.05, 4.69) is 11.4 Å². The van der Waals surface area contributed by atoms with Crippen molar-refractivity contribution in [2.24, 2.45) is 0 Å². The van der Waals surface area contributed by atoms with Gasteiger partial charge >= 0.3 is 0 Å². The number of hydrogen-bond acceptors (Lipinski definition) is 2. The summed E-state index contributed by atoms with van der Waals surface area (Å²) in [5.74, 6) is 0. The van der Waals surface area contributed by atoms with Gasteiger partial charge in [-0.05, 0) is 34.9 Å². The fourth-order valence-corrected chi connectivity index (χ4v) is 2.36. The van der Waals surface area contributed by atoms with Crippen LogP contribution in [0.15, 0.2) is 47.2 Å². The van der Waals surface area contributed by atoms with Crippen LogP contribution in [0.1, 0.15) is 18.1 Å². The molecule has 1 aromatic heterocycles. The molecule has 0 spiro atoms. The molecule has 0 fully saturated rings. The smallest absolute Gasteiger partial charge is 0.0909 e. The summed E-state index contributed by atoms with van der Waals surface area (Å²) in [4.78, 5) is 0. The van der Waals surface area contributed by atoms with Crippen molar-refractivity contribution >= 4 is 11.3 Å². The first kappa shape index (κ1) is 10.4. The minimum Gasteiger partial charge on any atom is -0.385 e. The average Bonchev–Trinajstić information content (AvgIpc) is 2.71. The first-order valence-corrected chi connectivity index (χ1v) is 5.92. The third kappa shape index (κ3) is 2.46. The van der Waals surface area contributed by atoms with Crippen LogP contribution in [0.25, 0.3) is 0 Å². The molecule has 2 aromatic rings. The third-order valence-corrected chi connectivity index (χ3v) is 3.26. The molecule has 0 radical (unpaired) electrons. The molecule has 0 saturated carbocycles. The van der Waals surface area contributed by atoms with Crippen molar-refractivity contribution in [2.45, 2.75) is 18.9 Å². The van der Waals surface area contributed by atoms with Gasteiger partial charge in [-0.3, -0.25) is 0 Å². The topological polar surface area (TPSA) is 20.2 Å². The average molecular weight is 218 g/mol. The highest BCUT2D eigenvalue weighted by molar-refractivity contribution is 7.07. The summed E-state index contributed by atoms with van der Waals surface area (Å²) in [6, 6.07) is 11.9. The summed E-state index contributed by atoms with van der Waals surface area (Å²) in [7, 11) is 0. The van der Waals surface area contributed by atoms with E-state index in [4.69, 9.17) is 0 Å². The van der Waals surface area contributed by atoms with Crippen LogP contribution in [0.4, 0.5) is 0 Å². The first-order chi connectivity index (χ1) is 7.18. The van der Waals surface area contributed by atoms with Crippen molar-refractivity contribution < 1.29 is 5.11 Å². The normalized spacial score (nSPS) is 14.8. The van der Waals surface area contributed by atoms with E-state index in [1.165, 1.54) is 5.56 Å². The molecule has 0 aliphatic heterocycles. The minimum absolute atomic E-state index is 0.667. The lowest BCUT2D eigenvalue weighted by Crippen LogP contribution is -2.23. The highest BCUT2D eigenvalue weighted by atomic mass is 32.1. The van der Waals surface area contributed by atoms with E-state index < -0.39 is 5.60 Å². The molecule has 78 valence electrons. The van der Waals surface area contributed by atoms with Crippen LogP contribution in [-0.4, -0.2) is 5.11 Å². The predicted octanol–water partition coefficient (Wildman–Crippen LogP) is 3.20. The molecule has 1 atom stereocenters. The second kappa shape index (κ2) is 4.17. The van der Waals surface area contributed by atoms with Gasteiger partial charge in [-0.15, -0.1) is 0 Å². The largest absolute Gasteiger partial charge is 0.385 e. The lowest BCUT2D eigenvalue weighted by molar-refractivity contribution is 0.0577. The maximum Gasteiger partial charge on any atom is 0.0909 e. The van der Waals surface area contributed by atoms with E-state index in [0.29, 0.717) is 6.42 Å². The summed E-state index contributed by atoms with van der Waals surface area (Å²) in [6.45, 7) is 1.86. The maximum absolute atomic E-state index is 10.4. The van der Waals surface area contributed by atoms with Gasteiger partial charge in [0.15, 0.2) is 0 Å². The van der Waals surface area contributed by atoms with E-state index in [1.807, 2.05) is 42.6 Å². The van der Waals surface area contributed by atoms with Crippen molar-refractivity contribution in [1.29, 1.82) is 0 Å². The predicted molar refractivity (Wildman–Crippen MR) is 64.0 cm³/mol. The molecule has 1 nitrogen and oxygen atoms in total. The molecule has 15 heavy (non-hydrogen) atoms. The number of benzene rings is 1. The Labute approximate surface area is 94.0 Å². The molecule has 1 heterocycles. The molecule has 0 aliphatic carbocycles. The Morgan fingerprint density at radius 1 is 1.20 bits per heavy atom. The zero-order valence-electron chi connectivity index (χ0n) is 8.68. The van der Waals surface area contributed by atoms with Crippen LogP contribution in [0.3, 0.4) is 0 Å². The highest BCUT2D eigenvalue weighted by Gasteiger charge is 2.23. The van der Waals surface area contributed by atoms with Gasteiger partial charge in [-0.1, -0.05) is 30.3 Å². The van der Waals surface area contributed by atoms with Crippen LogP contribution < -0.4 is 0 Å². The lowest BCUT2D eigenvalue weighted by Gasteiger charge is -2.23. The van der Waals surface area contributed by atoms with Crippen molar-refractivity contribution in [1.82, 2.24) is 0 Å². The Balaban J connectivity index is 2.20.